The van der Waals surface area contributed by atoms with Crippen molar-refractivity contribution in [3.63, 3.8) is 0 Å². The highest BCUT2D eigenvalue weighted by molar-refractivity contribution is 4.55. The minimum Gasteiger partial charge on any atom is -0.0654 e. The van der Waals surface area contributed by atoms with E-state index in [1.165, 1.54) is 51.4 Å². The molecule has 0 bridgehead atoms. The van der Waals surface area contributed by atoms with Crippen LogP contribution in [0.4, 0.5) is 0 Å². The lowest BCUT2D eigenvalue weighted by Gasteiger charge is -1.98. The first-order valence-corrected chi connectivity index (χ1v) is 5.19. The molecule has 0 aliphatic heterocycles. The fourth-order valence-electron chi connectivity index (χ4n) is 1.31. The van der Waals surface area contributed by atoms with Crippen LogP contribution in [0.5, 0.6) is 0 Å². The van der Waals surface area contributed by atoms with E-state index in [-0.39, 0.29) is 0 Å². The highest BCUT2D eigenvalue weighted by Gasteiger charge is 1.89. The van der Waals surface area contributed by atoms with E-state index in [1.54, 1.807) is 0 Å². The second-order valence-corrected chi connectivity index (χ2v) is 3.32. The second kappa shape index (κ2) is 10.0. The van der Waals surface area contributed by atoms with Crippen LogP contribution in [-0.2, 0) is 0 Å². The summed E-state index contributed by atoms with van der Waals surface area (Å²) in [7, 11) is 0. The fourth-order valence-corrected chi connectivity index (χ4v) is 1.31. The Balaban J connectivity index is 2.69. The molecule has 67 valence electrons. The molecule has 0 atom stereocenters. The fraction of sp³-hybridized carbons (Fsp3) is 0.909. The summed E-state index contributed by atoms with van der Waals surface area (Å²) in [5, 5.41) is 0. The van der Waals surface area contributed by atoms with Crippen molar-refractivity contribution >= 4 is 0 Å². The number of unbranched alkanes of at least 4 members (excludes halogenated alkanes) is 8. The molecular formula is C11H23. The average molecular weight is 155 g/mol. The van der Waals surface area contributed by atoms with Crippen molar-refractivity contribution in [1.29, 1.82) is 0 Å². The maximum absolute atomic E-state index is 2.27. The maximum Gasteiger partial charge on any atom is -0.0417 e. The van der Waals surface area contributed by atoms with E-state index in [0.717, 1.165) is 0 Å². The molecule has 0 aromatic heterocycles. The van der Waals surface area contributed by atoms with Gasteiger partial charge in [-0.1, -0.05) is 65.2 Å². The normalized spacial score (nSPS) is 10.4. The van der Waals surface area contributed by atoms with Gasteiger partial charge < -0.3 is 0 Å². The number of hydrogen-bond donors (Lipinski definition) is 0. The van der Waals surface area contributed by atoms with Crippen LogP contribution in [0.1, 0.15) is 65.2 Å². The van der Waals surface area contributed by atoms with Gasteiger partial charge in [0.25, 0.3) is 0 Å². The van der Waals surface area contributed by atoms with E-state index in [1.807, 2.05) is 0 Å². The largest absolute Gasteiger partial charge is 0.0654 e. The van der Waals surface area contributed by atoms with Gasteiger partial charge in [0.2, 0.25) is 0 Å². The zero-order valence-corrected chi connectivity index (χ0v) is 8.23. The summed E-state index contributed by atoms with van der Waals surface area (Å²) in [6.07, 6.45) is 13.6. The Morgan fingerprint density at radius 3 is 1.91 bits per heavy atom. The maximum atomic E-state index is 2.27. The van der Waals surface area contributed by atoms with Crippen molar-refractivity contribution in [3.8, 4) is 0 Å². The Kier molecular flexibility index (Phi) is 10.0. The molecule has 0 unspecified atom stereocenters. The van der Waals surface area contributed by atoms with Gasteiger partial charge in [-0.25, -0.2) is 0 Å². The molecule has 0 aliphatic carbocycles. The molecule has 0 rings (SSSR count). The molecule has 0 spiro atoms. The Morgan fingerprint density at radius 2 is 1.36 bits per heavy atom. The summed E-state index contributed by atoms with van der Waals surface area (Å²) in [5.74, 6) is 0. The first-order chi connectivity index (χ1) is 5.41. The highest BCUT2D eigenvalue weighted by Crippen LogP contribution is 2.08. The van der Waals surface area contributed by atoms with Crippen LogP contribution in [-0.4, -0.2) is 0 Å². The second-order valence-electron chi connectivity index (χ2n) is 3.32. The van der Waals surface area contributed by atoms with Crippen LogP contribution in [0.25, 0.3) is 0 Å². The lowest BCUT2D eigenvalue weighted by molar-refractivity contribution is 0.588. The standard InChI is InChI=1S/C11H23/c1-3-5-7-9-11-10-8-6-4-2/h3H,4-11H2,1-2H3. The zero-order valence-electron chi connectivity index (χ0n) is 8.23. The molecule has 0 aliphatic rings. The van der Waals surface area contributed by atoms with E-state index < -0.39 is 0 Å². The molecule has 11 heavy (non-hydrogen) atoms. The summed E-state index contributed by atoms with van der Waals surface area (Å²) >= 11 is 0. The summed E-state index contributed by atoms with van der Waals surface area (Å²) in [6, 6.07) is 0. The van der Waals surface area contributed by atoms with Gasteiger partial charge in [0.05, 0.1) is 0 Å². The quantitative estimate of drug-likeness (QED) is 0.457. The first kappa shape index (κ1) is 11.0. The van der Waals surface area contributed by atoms with Gasteiger partial charge in [0, 0.05) is 0 Å². The lowest BCUT2D eigenvalue weighted by Crippen LogP contribution is -1.79. The summed E-state index contributed by atoms with van der Waals surface area (Å²) in [5.41, 5.74) is 0. The van der Waals surface area contributed by atoms with E-state index in [9.17, 15) is 0 Å². The molecule has 0 saturated heterocycles. The van der Waals surface area contributed by atoms with Crippen molar-refractivity contribution in [2.24, 2.45) is 0 Å². The summed E-state index contributed by atoms with van der Waals surface area (Å²) in [6.45, 7) is 4.42. The molecule has 0 amide bonds. The number of rotatable bonds is 8. The van der Waals surface area contributed by atoms with Gasteiger partial charge >= 0.3 is 0 Å². The lowest BCUT2D eigenvalue weighted by atomic mass is 10.1. The third-order valence-corrected chi connectivity index (χ3v) is 2.10. The van der Waals surface area contributed by atoms with Gasteiger partial charge in [-0.15, -0.1) is 0 Å². The van der Waals surface area contributed by atoms with Crippen LogP contribution in [0, 0.1) is 6.42 Å². The minimum atomic E-state index is 1.31. The highest BCUT2D eigenvalue weighted by atomic mass is 13.9. The molecule has 0 heteroatoms. The molecule has 0 aromatic carbocycles. The molecule has 0 N–H and O–H groups in total. The molecule has 0 fully saturated rings. The topological polar surface area (TPSA) is 0 Å². The molecular weight excluding hydrogens is 132 g/mol. The zero-order chi connectivity index (χ0) is 8.36. The van der Waals surface area contributed by atoms with Crippen molar-refractivity contribution in [1.82, 2.24) is 0 Å². The van der Waals surface area contributed by atoms with Crippen molar-refractivity contribution in [2.45, 2.75) is 65.2 Å². The molecule has 0 saturated carbocycles. The van der Waals surface area contributed by atoms with Gasteiger partial charge in [0.15, 0.2) is 0 Å². The minimum absolute atomic E-state index is 1.31. The van der Waals surface area contributed by atoms with Gasteiger partial charge in [-0.3, -0.25) is 0 Å². The van der Waals surface area contributed by atoms with E-state index in [0.29, 0.717) is 0 Å². The molecule has 1 radical (unpaired) electrons. The SMILES string of the molecule is C[CH]CCCCCCCCC. The van der Waals surface area contributed by atoms with Crippen LogP contribution < -0.4 is 0 Å². The van der Waals surface area contributed by atoms with Crippen LogP contribution in [0.15, 0.2) is 0 Å². The van der Waals surface area contributed by atoms with Gasteiger partial charge in [-0.05, 0) is 6.42 Å². The third-order valence-electron chi connectivity index (χ3n) is 2.10. The summed E-state index contributed by atoms with van der Waals surface area (Å²) in [4.78, 5) is 0. The Hall–Kier alpha value is 0. The van der Waals surface area contributed by atoms with Gasteiger partial charge in [-0.2, -0.15) is 0 Å². The van der Waals surface area contributed by atoms with Crippen LogP contribution in [0.2, 0.25) is 0 Å². The molecule has 0 heterocycles. The van der Waals surface area contributed by atoms with E-state index >= 15 is 0 Å². The van der Waals surface area contributed by atoms with Crippen molar-refractivity contribution in [3.05, 3.63) is 6.42 Å². The summed E-state index contributed by atoms with van der Waals surface area (Å²) < 4.78 is 0. The predicted octanol–water partition coefficient (Wildman–Crippen LogP) is 4.35. The Morgan fingerprint density at radius 1 is 0.818 bits per heavy atom. The monoisotopic (exact) mass is 155 g/mol. The Labute approximate surface area is 72.4 Å². The third kappa shape index (κ3) is 10.0. The van der Waals surface area contributed by atoms with E-state index in [2.05, 4.69) is 20.3 Å². The van der Waals surface area contributed by atoms with E-state index in [4.69, 9.17) is 0 Å². The number of hydrogen-bond acceptors (Lipinski definition) is 0. The van der Waals surface area contributed by atoms with Crippen LogP contribution in [0.3, 0.4) is 0 Å². The van der Waals surface area contributed by atoms with Crippen molar-refractivity contribution < 1.29 is 0 Å². The smallest absolute Gasteiger partial charge is 0.0417 e. The van der Waals surface area contributed by atoms with Crippen molar-refractivity contribution in [2.75, 3.05) is 0 Å². The molecule has 0 nitrogen and oxygen atoms in total. The van der Waals surface area contributed by atoms with Crippen LogP contribution >= 0.6 is 0 Å². The average Bonchev–Trinajstić information content (AvgIpc) is 2.03. The predicted molar refractivity (Wildman–Crippen MR) is 52.6 cm³/mol. The Bertz CT molecular complexity index is 49.1. The first-order valence-electron chi connectivity index (χ1n) is 5.19. The molecule has 0 aromatic rings. The van der Waals surface area contributed by atoms with Gasteiger partial charge in [0.1, 0.15) is 0 Å².